The van der Waals surface area contributed by atoms with Gasteiger partial charge in [0.1, 0.15) is 0 Å². The summed E-state index contributed by atoms with van der Waals surface area (Å²) in [6, 6.07) is 8.84. The molecular weight excluding hydrogens is 182 g/mol. The smallest absolute Gasteiger partial charge is 0.256 e. The van der Waals surface area contributed by atoms with Gasteiger partial charge in [0.15, 0.2) is 12.1 Å². The lowest BCUT2D eigenvalue weighted by molar-refractivity contribution is 0.102. The number of anilines is 1. The lowest BCUT2D eigenvalue weighted by Gasteiger charge is -1.98. The van der Waals surface area contributed by atoms with Gasteiger partial charge in [0.05, 0.1) is 0 Å². The monoisotopic (exact) mass is 189 g/mol. The Bertz CT molecular complexity index is 411. The lowest BCUT2D eigenvalue weighted by atomic mass is 10.2. The Labute approximate surface area is 79.7 Å². The van der Waals surface area contributed by atoms with Gasteiger partial charge in [-0.2, -0.15) is 0 Å². The van der Waals surface area contributed by atoms with Crippen LogP contribution in [0.3, 0.4) is 0 Å². The predicted molar refractivity (Wildman–Crippen MR) is 48.7 cm³/mol. The summed E-state index contributed by atoms with van der Waals surface area (Å²) >= 11 is 0. The fourth-order valence-electron chi connectivity index (χ4n) is 0.997. The van der Waals surface area contributed by atoms with Gasteiger partial charge in [0.25, 0.3) is 5.91 Å². The van der Waals surface area contributed by atoms with Crippen LogP contribution in [-0.4, -0.2) is 16.3 Å². The number of hydrogen-bond acceptors (Lipinski definition) is 4. The molecule has 2 aromatic rings. The molecule has 0 bridgehead atoms. The minimum Gasteiger partial charge on any atom is -0.343 e. The van der Waals surface area contributed by atoms with Crippen LogP contribution in [0.1, 0.15) is 10.4 Å². The summed E-state index contributed by atoms with van der Waals surface area (Å²) in [4.78, 5) is 11.5. The standard InChI is InChI=1S/C9H7N3O2/c13-9(7-4-2-1-3-5-7)10-8-6-14-12-11-8/h1-6H,(H,10,13). The first-order valence-corrected chi connectivity index (χ1v) is 4.00. The number of carbonyl (C=O) groups excluding carboxylic acids is 1. The van der Waals surface area contributed by atoms with Crippen LogP contribution >= 0.6 is 0 Å². The molecule has 5 nitrogen and oxygen atoms in total. The van der Waals surface area contributed by atoms with Crippen LogP contribution in [0.2, 0.25) is 0 Å². The first-order chi connectivity index (χ1) is 6.86. The number of nitrogens with zero attached hydrogens (tertiary/aromatic N) is 2. The van der Waals surface area contributed by atoms with Gasteiger partial charge in [-0.05, 0) is 12.1 Å². The maximum absolute atomic E-state index is 11.5. The molecule has 1 aromatic carbocycles. The van der Waals surface area contributed by atoms with E-state index in [0.29, 0.717) is 11.4 Å². The molecule has 1 amide bonds. The number of amides is 1. The third kappa shape index (κ3) is 1.77. The van der Waals surface area contributed by atoms with Crippen LogP contribution < -0.4 is 5.32 Å². The van der Waals surface area contributed by atoms with Crippen LogP contribution in [0.15, 0.2) is 41.1 Å². The predicted octanol–water partition coefficient (Wildman–Crippen LogP) is 1.32. The fourth-order valence-corrected chi connectivity index (χ4v) is 0.997. The van der Waals surface area contributed by atoms with Crippen LogP contribution in [0.5, 0.6) is 0 Å². The van der Waals surface area contributed by atoms with Crippen LogP contribution in [0, 0.1) is 0 Å². The molecule has 0 fully saturated rings. The molecule has 0 radical (unpaired) electrons. The maximum Gasteiger partial charge on any atom is 0.256 e. The molecule has 14 heavy (non-hydrogen) atoms. The highest BCUT2D eigenvalue weighted by Gasteiger charge is 2.06. The Morgan fingerprint density at radius 1 is 1.29 bits per heavy atom. The quantitative estimate of drug-likeness (QED) is 0.773. The van der Waals surface area contributed by atoms with E-state index in [4.69, 9.17) is 0 Å². The van der Waals surface area contributed by atoms with E-state index >= 15 is 0 Å². The number of hydrogen-bond donors (Lipinski definition) is 1. The largest absolute Gasteiger partial charge is 0.343 e. The third-order valence-electron chi connectivity index (χ3n) is 1.64. The third-order valence-corrected chi connectivity index (χ3v) is 1.64. The van der Waals surface area contributed by atoms with Crippen molar-refractivity contribution in [3.63, 3.8) is 0 Å². The minimum absolute atomic E-state index is 0.235. The molecule has 0 aliphatic carbocycles. The molecule has 5 heteroatoms. The molecule has 1 aromatic heterocycles. The van der Waals surface area contributed by atoms with Gasteiger partial charge < -0.3 is 9.84 Å². The second-order valence-electron chi connectivity index (χ2n) is 2.61. The number of carbonyl (C=O) groups is 1. The Balaban J connectivity index is 2.11. The van der Waals surface area contributed by atoms with Crippen molar-refractivity contribution in [1.82, 2.24) is 10.4 Å². The molecule has 2 rings (SSSR count). The van der Waals surface area contributed by atoms with E-state index in [9.17, 15) is 4.79 Å². The zero-order valence-corrected chi connectivity index (χ0v) is 7.18. The van der Waals surface area contributed by atoms with Crippen molar-refractivity contribution < 1.29 is 9.32 Å². The summed E-state index contributed by atoms with van der Waals surface area (Å²) in [5, 5.41) is 9.29. The summed E-state index contributed by atoms with van der Waals surface area (Å²) in [6.07, 6.45) is 1.26. The van der Waals surface area contributed by atoms with Crippen molar-refractivity contribution in [2.24, 2.45) is 0 Å². The van der Waals surface area contributed by atoms with Gasteiger partial charge in [0.2, 0.25) is 0 Å². The second kappa shape index (κ2) is 3.69. The molecular formula is C9H7N3O2. The first-order valence-electron chi connectivity index (χ1n) is 4.00. The highest BCUT2D eigenvalue weighted by molar-refractivity contribution is 6.03. The molecule has 0 saturated heterocycles. The van der Waals surface area contributed by atoms with Crippen molar-refractivity contribution in [3.8, 4) is 0 Å². The van der Waals surface area contributed by atoms with E-state index in [2.05, 4.69) is 20.2 Å². The summed E-state index contributed by atoms with van der Waals surface area (Å²) in [5.41, 5.74) is 0.565. The summed E-state index contributed by atoms with van der Waals surface area (Å²) in [5.74, 6) is 0.0696. The van der Waals surface area contributed by atoms with Crippen LogP contribution in [0.25, 0.3) is 0 Å². The average molecular weight is 189 g/mol. The Morgan fingerprint density at radius 2 is 2.07 bits per heavy atom. The minimum atomic E-state index is -0.235. The molecule has 1 heterocycles. The van der Waals surface area contributed by atoms with Crippen LogP contribution in [0.4, 0.5) is 5.82 Å². The van der Waals surface area contributed by atoms with E-state index in [1.54, 1.807) is 24.3 Å². The maximum atomic E-state index is 11.5. The highest BCUT2D eigenvalue weighted by Crippen LogP contribution is 2.04. The van der Waals surface area contributed by atoms with E-state index in [0.717, 1.165) is 0 Å². The zero-order chi connectivity index (χ0) is 9.80. The molecule has 0 aliphatic heterocycles. The van der Waals surface area contributed by atoms with Gasteiger partial charge in [-0.25, -0.2) is 0 Å². The molecule has 0 atom stereocenters. The first kappa shape index (κ1) is 8.43. The lowest BCUT2D eigenvalue weighted by Crippen LogP contribution is -2.11. The van der Waals surface area contributed by atoms with E-state index in [1.165, 1.54) is 6.26 Å². The molecule has 70 valence electrons. The molecule has 0 spiro atoms. The van der Waals surface area contributed by atoms with Gasteiger partial charge in [0, 0.05) is 10.8 Å². The zero-order valence-electron chi connectivity index (χ0n) is 7.18. The van der Waals surface area contributed by atoms with Crippen molar-refractivity contribution in [2.75, 3.05) is 5.32 Å². The van der Waals surface area contributed by atoms with Gasteiger partial charge in [-0.3, -0.25) is 4.79 Å². The molecule has 0 saturated carbocycles. The Kier molecular flexibility index (Phi) is 2.22. The Hall–Kier alpha value is -2.17. The van der Waals surface area contributed by atoms with E-state index in [1.807, 2.05) is 6.07 Å². The summed E-state index contributed by atoms with van der Waals surface area (Å²) < 4.78 is 4.48. The average Bonchev–Trinajstić information content (AvgIpc) is 2.72. The molecule has 1 N–H and O–H groups in total. The number of aromatic nitrogens is 2. The summed E-state index contributed by atoms with van der Waals surface area (Å²) in [7, 11) is 0. The van der Waals surface area contributed by atoms with Crippen molar-refractivity contribution in [1.29, 1.82) is 0 Å². The molecule has 0 unspecified atom stereocenters. The van der Waals surface area contributed by atoms with E-state index in [-0.39, 0.29) is 5.91 Å². The highest BCUT2D eigenvalue weighted by atomic mass is 16.5. The summed E-state index contributed by atoms with van der Waals surface area (Å²) in [6.45, 7) is 0. The van der Waals surface area contributed by atoms with Crippen molar-refractivity contribution in [2.45, 2.75) is 0 Å². The topological polar surface area (TPSA) is 68.0 Å². The van der Waals surface area contributed by atoms with Gasteiger partial charge in [-0.15, -0.1) is 0 Å². The normalized spacial score (nSPS) is 9.71. The molecule has 0 aliphatic rings. The van der Waals surface area contributed by atoms with Gasteiger partial charge >= 0.3 is 0 Å². The van der Waals surface area contributed by atoms with Crippen molar-refractivity contribution >= 4 is 11.7 Å². The second-order valence-corrected chi connectivity index (χ2v) is 2.61. The fraction of sp³-hybridized carbons (Fsp3) is 0. The Morgan fingerprint density at radius 3 is 2.71 bits per heavy atom. The number of nitrogens with one attached hydrogen (secondary N) is 1. The van der Waals surface area contributed by atoms with Gasteiger partial charge in [-0.1, -0.05) is 23.3 Å². The van der Waals surface area contributed by atoms with Crippen LogP contribution in [-0.2, 0) is 0 Å². The van der Waals surface area contributed by atoms with E-state index < -0.39 is 0 Å². The van der Waals surface area contributed by atoms with Crippen molar-refractivity contribution in [3.05, 3.63) is 42.2 Å². The SMILES string of the molecule is O=C(Nc1conn1)c1ccccc1. The number of rotatable bonds is 2. The number of benzene rings is 1.